The first-order valence-corrected chi connectivity index (χ1v) is 11.3. The fourth-order valence-corrected chi connectivity index (χ4v) is 3.36. The Labute approximate surface area is 215 Å². The van der Waals surface area contributed by atoms with E-state index < -0.39 is 0 Å². The highest BCUT2D eigenvalue weighted by molar-refractivity contribution is 5.65. The summed E-state index contributed by atoms with van der Waals surface area (Å²) in [5.41, 5.74) is 1.39. The van der Waals surface area contributed by atoms with Crippen molar-refractivity contribution in [3.05, 3.63) is 97.1 Å². The van der Waals surface area contributed by atoms with E-state index in [2.05, 4.69) is 41.2 Å². The van der Waals surface area contributed by atoms with Crippen LogP contribution in [0.2, 0.25) is 0 Å². The molecule has 0 saturated heterocycles. The molecule has 6 aromatic rings. The number of hydrogen-bond acceptors (Lipinski definition) is 10. The van der Waals surface area contributed by atoms with Gasteiger partial charge >= 0.3 is 0 Å². The molecule has 0 bridgehead atoms. The quantitative estimate of drug-likeness (QED) is 0.247. The highest BCUT2D eigenvalue weighted by atomic mass is 16.5. The molecular formula is C26H20N8O4. The summed E-state index contributed by atoms with van der Waals surface area (Å²) in [4.78, 5) is 0. The van der Waals surface area contributed by atoms with E-state index in [9.17, 15) is 10.2 Å². The van der Waals surface area contributed by atoms with Crippen LogP contribution in [0.3, 0.4) is 0 Å². The third kappa shape index (κ3) is 5.54. The number of rotatable bonds is 6. The van der Waals surface area contributed by atoms with Crippen molar-refractivity contribution in [1.82, 2.24) is 41.2 Å². The van der Waals surface area contributed by atoms with Crippen LogP contribution >= 0.6 is 0 Å². The smallest absolute Gasteiger partial charge is 0.208 e. The van der Waals surface area contributed by atoms with E-state index in [-0.39, 0.29) is 11.5 Å². The molecule has 0 fully saturated rings. The number of benzene rings is 4. The van der Waals surface area contributed by atoms with E-state index in [0.29, 0.717) is 45.8 Å². The molecule has 2 heterocycles. The molecule has 4 N–H and O–H groups in total. The van der Waals surface area contributed by atoms with Gasteiger partial charge in [0.05, 0.1) is 11.1 Å². The van der Waals surface area contributed by atoms with Gasteiger partial charge in [-0.05, 0) is 59.0 Å². The molecule has 0 spiro atoms. The number of nitrogens with zero attached hydrogens (tertiary/aromatic N) is 6. The summed E-state index contributed by atoms with van der Waals surface area (Å²) < 4.78 is 11.4. The average molecular weight is 508 g/mol. The minimum atomic E-state index is 0.0745. The summed E-state index contributed by atoms with van der Waals surface area (Å²) in [5.74, 6) is 2.86. The number of tetrazole rings is 2. The number of aromatic nitrogens is 8. The molecule has 0 radical (unpaired) electrons. The Bertz CT molecular complexity index is 1490. The maximum absolute atomic E-state index is 9.72. The van der Waals surface area contributed by atoms with Crippen LogP contribution in [0.5, 0.6) is 34.5 Å². The van der Waals surface area contributed by atoms with E-state index in [4.69, 9.17) is 9.47 Å². The van der Waals surface area contributed by atoms with E-state index in [1.54, 1.807) is 60.7 Å². The lowest BCUT2D eigenvalue weighted by Gasteiger charge is -2.09. The van der Waals surface area contributed by atoms with E-state index in [1.807, 2.05) is 36.4 Å². The summed E-state index contributed by atoms with van der Waals surface area (Å²) >= 11 is 0. The summed E-state index contributed by atoms with van der Waals surface area (Å²) in [5, 5.41) is 47.0. The molecule has 4 aromatic carbocycles. The Morgan fingerprint density at radius 1 is 0.474 bits per heavy atom. The Morgan fingerprint density at radius 2 is 0.842 bits per heavy atom. The van der Waals surface area contributed by atoms with Gasteiger partial charge < -0.3 is 19.7 Å². The number of ether oxygens (including phenoxy) is 2. The largest absolute Gasteiger partial charge is 0.504 e. The molecule has 188 valence electrons. The lowest BCUT2D eigenvalue weighted by molar-refractivity contribution is 0.412. The molecule has 0 aliphatic carbocycles. The van der Waals surface area contributed by atoms with Gasteiger partial charge in [0.2, 0.25) is 11.6 Å². The predicted octanol–water partition coefficient (Wildman–Crippen LogP) is 4.73. The second-order valence-corrected chi connectivity index (χ2v) is 7.60. The lowest BCUT2D eigenvalue weighted by Crippen LogP contribution is -1.90. The topological polar surface area (TPSA) is 168 Å². The van der Waals surface area contributed by atoms with Crippen LogP contribution in [-0.2, 0) is 0 Å². The molecule has 0 aliphatic heterocycles. The van der Waals surface area contributed by atoms with Gasteiger partial charge in [-0.1, -0.05) is 48.5 Å². The molecule has 38 heavy (non-hydrogen) atoms. The maximum Gasteiger partial charge on any atom is 0.208 e. The van der Waals surface area contributed by atoms with Crippen molar-refractivity contribution >= 4 is 0 Å². The molecule has 6 rings (SSSR count). The van der Waals surface area contributed by atoms with Crippen LogP contribution in [0.15, 0.2) is 97.1 Å². The summed E-state index contributed by atoms with van der Waals surface area (Å²) in [7, 11) is 0. The first-order valence-electron chi connectivity index (χ1n) is 11.3. The zero-order valence-electron chi connectivity index (χ0n) is 19.6. The number of phenolic OH excluding ortho intramolecular Hbond substituents is 2. The van der Waals surface area contributed by atoms with Crippen molar-refractivity contribution in [2.24, 2.45) is 0 Å². The Balaban J connectivity index is 0.000000155. The molecule has 0 aliphatic rings. The van der Waals surface area contributed by atoms with Gasteiger partial charge in [-0.25, -0.2) is 0 Å². The van der Waals surface area contributed by atoms with E-state index in [0.717, 1.165) is 0 Å². The van der Waals surface area contributed by atoms with Gasteiger partial charge in [0.15, 0.2) is 23.0 Å². The normalized spacial score (nSPS) is 10.3. The highest BCUT2D eigenvalue weighted by Gasteiger charge is 2.13. The third-order valence-electron chi connectivity index (χ3n) is 5.12. The molecule has 0 atom stereocenters. The minimum Gasteiger partial charge on any atom is -0.504 e. The average Bonchev–Trinajstić information content (AvgIpc) is 3.68. The van der Waals surface area contributed by atoms with Crippen LogP contribution in [0, 0.1) is 0 Å². The van der Waals surface area contributed by atoms with Gasteiger partial charge in [0.1, 0.15) is 11.5 Å². The van der Waals surface area contributed by atoms with Gasteiger partial charge in [-0.3, -0.25) is 0 Å². The predicted molar refractivity (Wildman–Crippen MR) is 136 cm³/mol. The standard InChI is InChI=1S/2C13H10N4O2/c2*18-10-6-2-4-8-12(10)19-11-7-3-1-5-9(11)13-14-16-17-15-13/h2*1-8,18H,(H,14,15,16,17). The van der Waals surface area contributed by atoms with Crippen molar-refractivity contribution in [1.29, 1.82) is 0 Å². The van der Waals surface area contributed by atoms with Gasteiger partial charge in [-0.15, -0.1) is 20.4 Å². The Kier molecular flexibility index (Phi) is 7.12. The number of phenols is 2. The molecule has 12 nitrogen and oxygen atoms in total. The van der Waals surface area contributed by atoms with Gasteiger partial charge in [-0.2, -0.15) is 10.4 Å². The first kappa shape index (κ1) is 23.9. The zero-order chi connectivity index (χ0) is 26.2. The monoisotopic (exact) mass is 508 g/mol. The number of para-hydroxylation sites is 6. The Morgan fingerprint density at radius 3 is 1.21 bits per heavy atom. The van der Waals surface area contributed by atoms with Crippen molar-refractivity contribution in [2.45, 2.75) is 0 Å². The van der Waals surface area contributed by atoms with Crippen LogP contribution in [0.25, 0.3) is 22.8 Å². The molecule has 0 amide bonds. The van der Waals surface area contributed by atoms with Crippen molar-refractivity contribution < 1.29 is 19.7 Å². The van der Waals surface area contributed by atoms with Gasteiger partial charge in [0, 0.05) is 0 Å². The molecule has 12 heteroatoms. The molecular weight excluding hydrogens is 488 g/mol. The highest BCUT2D eigenvalue weighted by Crippen LogP contribution is 2.36. The summed E-state index contributed by atoms with van der Waals surface area (Å²) in [6, 6.07) is 28.1. The number of aromatic amines is 2. The summed E-state index contributed by atoms with van der Waals surface area (Å²) in [6.07, 6.45) is 0. The van der Waals surface area contributed by atoms with Crippen molar-refractivity contribution in [3.63, 3.8) is 0 Å². The zero-order valence-corrected chi connectivity index (χ0v) is 19.6. The fraction of sp³-hybridized carbons (Fsp3) is 0. The van der Waals surface area contributed by atoms with Crippen molar-refractivity contribution in [3.8, 4) is 57.3 Å². The number of H-pyrrole nitrogens is 2. The van der Waals surface area contributed by atoms with Crippen LogP contribution in [-0.4, -0.2) is 51.5 Å². The fourth-order valence-electron chi connectivity index (χ4n) is 3.36. The lowest BCUT2D eigenvalue weighted by atomic mass is 10.2. The Hall–Kier alpha value is -5.78. The number of aromatic hydroxyl groups is 2. The van der Waals surface area contributed by atoms with Crippen LogP contribution < -0.4 is 9.47 Å². The number of hydrogen-bond donors (Lipinski definition) is 4. The third-order valence-corrected chi connectivity index (χ3v) is 5.12. The summed E-state index contributed by atoms with van der Waals surface area (Å²) in [6.45, 7) is 0. The van der Waals surface area contributed by atoms with Crippen molar-refractivity contribution in [2.75, 3.05) is 0 Å². The maximum atomic E-state index is 9.72. The van der Waals surface area contributed by atoms with Crippen LogP contribution in [0.1, 0.15) is 0 Å². The molecule has 2 aromatic heterocycles. The SMILES string of the molecule is Oc1ccccc1Oc1ccccc1-c1nn[nH]n1.Oc1ccccc1Oc1ccccc1-c1nn[nH]n1. The molecule has 0 saturated carbocycles. The second kappa shape index (κ2) is 11.3. The molecule has 0 unspecified atom stereocenters. The number of nitrogens with one attached hydrogen (secondary N) is 2. The van der Waals surface area contributed by atoms with E-state index >= 15 is 0 Å². The van der Waals surface area contributed by atoms with Crippen LogP contribution in [0.4, 0.5) is 0 Å². The minimum absolute atomic E-state index is 0.0745. The van der Waals surface area contributed by atoms with E-state index in [1.165, 1.54) is 0 Å². The second-order valence-electron chi connectivity index (χ2n) is 7.60. The van der Waals surface area contributed by atoms with Gasteiger partial charge in [0.25, 0.3) is 0 Å². The first-order chi connectivity index (χ1) is 18.7.